The van der Waals surface area contributed by atoms with Gasteiger partial charge in [0.25, 0.3) is 0 Å². The molecule has 1 aliphatic rings. The van der Waals surface area contributed by atoms with Crippen LogP contribution in [0, 0.1) is 6.92 Å². The maximum Gasteiger partial charge on any atom is 0.241 e. The predicted molar refractivity (Wildman–Crippen MR) is 64.9 cm³/mol. The van der Waals surface area contributed by atoms with Crippen LogP contribution in [0.25, 0.3) is 0 Å². The van der Waals surface area contributed by atoms with Crippen LogP contribution in [0.5, 0.6) is 0 Å². The molecule has 17 heavy (non-hydrogen) atoms. The first-order valence-electron chi connectivity index (χ1n) is 5.45. The molecule has 0 bridgehead atoms. The molecule has 6 heteroatoms. The second-order valence-corrected chi connectivity index (χ2v) is 6.15. The molecule has 0 heterocycles. The summed E-state index contributed by atoms with van der Waals surface area (Å²) in [5, 5.41) is 9.13. The van der Waals surface area contributed by atoms with Crippen molar-refractivity contribution in [1.29, 1.82) is 0 Å². The molecule has 1 fully saturated rings. The first kappa shape index (κ1) is 12.3. The van der Waals surface area contributed by atoms with Crippen LogP contribution in [0.1, 0.15) is 18.4 Å². The lowest BCUT2D eigenvalue weighted by atomic mass is 9.91. The van der Waals surface area contributed by atoms with Crippen molar-refractivity contribution in [1.82, 2.24) is 4.72 Å². The number of sulfonamides is 1. The average molecular weight is 256 g/mol. The molecule has 2 rings (SSSR count). The van der Waals surface area contributed by atoms with Crippen LogP contribution in [0.3, 0.4) is 0 Å². The summed E-state index contributed by atoms with van der Waals surface area (Å²) < 4.78 is 26.7. The molecule has 4 N–H and O–H groups in total. The van der Waals surface area contributed by atoms with E-state index in [9.17, 15) is 8.42 Å². The summed E-state index contributed by atoms with van der Waals surface area (Å²) in [6.07, 6.45) is 0.561. The summed E-state index contributed by atoms with van der Waals surface area (Å²) in [5.74, 6) is 0. The van der Waals surface area contributed by atoms with Gasteiger partial charge in [0.1, 0.15) is 0 Å². The fraction of sp³-hybridized carbons (Fsp3) is 0.455. The van der Waals surface area contributed by atoms with Crippen LogP contribution in [-0.4, -0.2) is 25.7 Å². The summed E-state index contributed by atoms with van der Waals surface area (Å²) in [6.45, 7) is 1.73. The van der Waals surface area contributed by atoms with E-state index in [0.717, 1.165) is 0 Å². The van der Waals surface area contributed by atoms with Gasteiger partial charge in [-0.15, -0.1) is 0 Å². The summed E-state index contributed by atoms with van der Waals surface area (Å²) in [6, 6.07) is 4.63. The molecule has 0 radical (unpaired) electrons. The molecule has 0 aliphatic heterocycles. The lowest BCUT2D eigenvalue weighted by Gasteiger charge is -2.31. The van der Waals surface area contributed by atoms with E-state index in [2.05, 4.69) is 4.72 Å². The zero-order valence-electron chi connectivity index (χ0n) is 9.55. The molecular formula is C11H16N2O3S. The molecule has 0 saturated heterocycles. The maximum atomic E-state index is 12.1. The fourth-order valence-electron chi connectivity index (χ4n) is 1.87. The molecule has 0 spiro atoms. The van der Waals surface area contributed by atoms with Gasteiger partial charge in [-0.1, -0.05) is 6.07 Å². The van der Waals surface area contributed by atoms with E-state index in [-0.39, 0.29) is 17.0 Å². The predicted octanol–water partition coefficient (Wildman–Crippen LogP) is 0.379. The van der Waals surface area contributed by atoms with Gasteiger partial charge in [-0.2, -0.15) is 0 Å². The minimum Gasteiger partial charge on any atom is -0.399 e. The zero-order valence-corrected chi connectivity index (χ0v) is 10.4. The van der Waals surface area contributed by atoms with Gasteiger partial charge in [-0.3, -0.25) is 0 Å². The Morgan fingerprint density at radius 2 is 2.06 bits per heavy atom. The smallest absolute Gasteiger partial charge is 0.241 e. The Hall–Kier alpha value is -1.11. The van der Waals surface area contributed by atoms with Crippen molar-refractivity contribution in [2.24, 2.45) is 0 Å². The van der Waals surface area contributed by atoms with E-state index >= 15 is 0 Å². The highest BCUT2D eigenvalue weighted by molar-refractivity contribution is 7.89. The van der Waals surface area contributed by atoms with E-state index < -0.39 is 10.0 Å². The molecule has 1 aromatic carbocycles. The van der Waals surface area contributed by atoms with Crippen molar-refractivity contribution in [2.45, 2.75) is 36.8 Å². The minimum absolute atomic E-state index is 0.171. The molecule has 0 atom stereocenters. The summed E-state index contributed by atoms with van der Waals surface area (Å²) in [7, 11) is -3.54. The number of aryl methyl sites for hydroxylation is 1. The normalized spacial score (nSPS) is 24.4. The number of nitrogens with one attached hydrogen (secondary N) is 1. The molecule has 1 saturated carbocycles. The Labute approximate surface area is 101 Å². The van der Waals surface area contributed by atoms with Gasteiger partial charge in [-0.05, 0) is 37.5 Å². The lowest BCUT2D eigenvalue weighted by molar-refractivity contribution is 0.0712. The van der Waals surface area contributed by atoms with Gasteiger partial charge in [0.2, 0.25) is 10.0 Å². The second-order valence-electron chi connectivity index (χ2n) is 4.47. The molecule has 1 aromatic rings. The van der Waals surface area contributed by atoms with E-state index in [1.165, 1.54) is 6.07 Å². The summed E-state index contributed by atoms with van der Waals surface area (Å²) >= 11 is 0. The van der Waals surface area contributed by atoms with Crippen molar-refractivity contribution in [2.75, 3.05) is 5.73 Å². The van der Waals surface area contributed by atoms with Crippen LogP contribution in [0.15, 0.2) is 23.1 Å². The SMILES string of the molecule is Cc1ccc(N)cc1S(=O)(=O)NC1CC(O)C1. The third-order valence-electron chi connectivity index (χ3n) is 2.94. The van der Waals surface area contributed by atoms with Crippen molar-refractivity contribution in [3.05, 3.63) is 23.8 Å². The summed E-state index contributed by atoms with van der Waals surface area (Å²) in [4.78, 5) is 0.207. The van der Waals surface area contributed by atoms with E-state index in [0.29, 0.717) is 24.1 Å². The zero-order chi connectivity index (χ0) is 12.6. The van der Waals surface area contributed by atoms with E-state index in [1.54, 1.807) is 19.1 Å². The van der Waals surface area contributed by atoms with E-state index in [1.807, 2.05) is 0 Å². The third-order valence-corrected chi connectivity index (χ3v) is 4.60. The Morgan fingerprint density at radius 1 is 1.41 bits per heavy atom. The van der Waals surface area contributed by atoms with Gasteiger partial charge in [-0.25, -0.2) is 13.1 Å². The number of hydrogen-bond donors (Lipinski definition) is 3. The van der Waals surface area contributed by atoms with E-state index in [4.69, 9.17) is 10.8 Å². The average Bonchev–Trinajstić information content (AvgIpc) is 2.19. The van der Waals surface area contributed by atoms with Gasteiger partial charge >= 0.3 is 0 Å². The maximum absolute atomic E-state index is 12.1. The molecule has 94 valence electrons. The molecule has 0 amide bonds. The lowest BCUT2D eigenvalue weighted by Crippen LogP contribution is -2.46. The molecular weight excluding hydrogens is 240 g/mol. The molecule has 0 aromatic heterocycles. The van der Waals surface area contributed by atoms with Gasteiger partial charge in [0.15, 0.2) is 0 Å². The van der Waals surface area contributed by atoms with Crippen LogP contribution < -0.4 is 10.5 Å². The van der Waals surface area contributed by atoms with Crippen LogP contribution >= 0.6 is 0 Å². The Kier molecular flexibility index (Phi) is 3.11. The number of nitrogens with two attached hydrogens (primary N) is 1. The molecule has 1 aliphatic carbocycles. The minimum atomic E-state index is -3.54. The van der Waals surface area contributed by atoms with Crippen molar-refractivity contribution in [3.8, 4) is 0 Å². The number of rotatable bonds is 3. The van der Waals surface area contributed by atoms with Crippen LogP contribution in [-0.2, 0) is 10.0 Å². The molecule has 5 nitrogen and oxygen atoms in total. The van der Waals surface area contributed by atoms with Gasteiger partial charge in [0.05, 0.1) is 11.0 Å². The first-order valence-corrected chi connectivity index (χ1v) is 6.93. The van der Waals surface area contributed by atoms with Crippen LogP contribution in [0.2, 0.25) is 0 Å². The largest absolute Gasteiger partial charge is 0.399 e. The number of nitrogen functional groups attached to an aromatic ring is 1. The third kappa shape index (κ3) is 2.59. The highest BCUT2D eigenvalue weighted by Gasteiger charge is 2.31. The Bertz CT molecular complexity index is 522. The van der Waals surface area contributed by atoms with Crippen molar-refractivity contribution in [3.63, 3.8) is 0 Å². The Balaban J connectivity index is 2.22. The summed E-state index contributed by atoms with van der Waals surface area (Å²) in [5.41, 5.74) is 6.67. The van der Waals surface area contributed by atoms with Crippen molar-refractivity contribution < 1.29 is 13.5 Å². The second kappa shape index (κ2) is 4.29. The van der Waals surface area contributed by atoms with Gasteiger partial charge < -0.3 is 10.8 Å². The standard InChI is InChI=1S/C11H16N2O3S/c1-7-2-3-8(12)4-11(7)17(15,16)13-9-5-10(14)6-9/h2-4,9-10,13-14H,5-6,12H2,1H3. The van der Waals surface area contributed by atoms with Crippen LogP contribution in [0.4, 0.5) is 5.69 Å². The number of benzene rings is 1. The highest BCUT2D eigenvalue weighted by atomic mass is 32.2. The number of aliphatic hydroxyl groups excluding tert-OH is 1. The monoisotopic (exact) mass is 256 g/mol. The number of hydrogen-bond acceptors (Lipinski definition) is 4. The van der Waals surface area contributed by atoms with Crippen molar-refractivity contribution >= 4 is 15.7 Å². The molecule has 0 unspecified atom stereocenters. The van der Waals surface area contributed by atoms with Gasteiger partial charge in [0, 0.05) is 11.7 Å². The first-order chi connectivity index (χ1) is 7.88. The number of aliphatic hydroxyl groups is 1. The fourth-order valence-corrected chi connectivity index (χ4v) is 3.41. The quantitative estimate of drug-likeness (QED) is 0.682. The topological polar surface area (TPSA) is 92.4 Å². The highest BCUT2D eigenvalue weighted by Crippen LogP contribution is 2.24. The number of anilines is 1. The Morgan fingerprint density at radius 3 is 2.65 bits per heavy atom.